The first kappa shape index (κ1) is 16.4. The molecule has 5 nitrogen and oxygen atoms in total. The molecule has 0 heterocycles. The average Bonchev–Trinajstić information content (AvgIpc) is 2.46. The zero-order valence-electron chi connectivity index (χ0n) is 11.7. The Morgan fingerprint density at radius 2 is 1.91 bits per heavy atom. The largest absolute Gasteiger partial charge is 0.497 e. The summed E-state index contributed by atoms with van der Waals surface area (Å²) in [4.78, 5) is 12.0. The van der Waals surface area contributed by atoms with Crippen LogP contribution in [0.5, 0.6) is 5.75 Å². The Kier molecular flexibility index (Phi) is 5.49. The molecule has 2 rings (SSSR count). The van der Waals surface area contributed by atoms with Crippen molar-refractivity contribution in [2.24, 2.45) is 0 Å². The number of halogens is 2. The maximum absolute atomic E-state index is 12.0. The van der Waals surface area contributed by atoms with Gasteiger partial charge in [-0.2, -0.15) is 0 Å². The fourth-order valence-electron chi connectivity index (χ4n) is 1.84. The third-order valence-corrected chi connectivity index (χ3v) is 3.31. The molecule has 0 radical (unpaired) electrons. The number of rotatable bonds is 4. The van der Waals surface area contributed by atoms with Crippen LogP contribution in [0.2, 0.25) is 10.0 Å². The van der Waals surface area contributed by atoms with Crippen LogP contribution in [0.4, 0.5) is 16.2 Å². The van der Waals surface area contributed by atoms with Crippen molar-refractivity contribution in [1.82, 2.24) is 0 Å². The number of benzene rings is 2. The Morgan fingerprint density at radius 1 is 1.14 bits per heavy atom. The van der Waals surface area contributed by atoms with Crippen molar-refractivity contribution < 1.29 is 14.6 Å². The van der Waals surface area contributed by atoms with Gasteiger partial charge in [0, 0.05) is 33.0 Å². The molecule has 0 atom stereocenters. The molecule has 0 aliphatic carbocycles. The van der Waals surface area contributed by atoms with Crippen LogP contribution in [0.3, 0.4) is 0 Å². The van der Waals surface area contributed by atoms with Crippen LogP contribution in [0.15, 0.2) is 36.4 Å². The molecule has 0 aromatic heterocycles. The third-order valence-electron chi connectivity index (χ3n) is 2.86. The zero-order chi connectivity index (χ0) is 16.1. The number of carbonyl (C=O) groups is 1. The first-order valence-electron chi connectivity index (χ1n) is 6.33. The fourth-order valence-corrected chi connectivity index (χ4v) is 2.24. The number of aliphatic hydroxyl groups is 1. The lowest BCUT2D eigenvalue weighted by Gasteiger charge is -2.12. The predicted octanol–water partition coefficient (Wildman–Crippen LogP) is 4.14. The Bertz CT molecular complexity index is 692. The number of hydrogen-bond donors (Lipinski definition) is 3. The number of hydrogen-bond acceptors (Lipinski definition) is 3. The quantitative estimate of drug-likeness (QED) is 0.783. The molecule has 2 aromatic carbocycles. The summed E-state index contributed by atoms with van der Waals surface area (Å²) in [6, 6.07) is 9.21. The summed E-state index contributed by atoms with van der Waals surface area (Å²) in [6.45, 7) is -0.211. The summed E-state index contributed by atoms with van der Waals surface area (Å²) >= 11 is 11.8. The van der Waals surface area contributed by atoms with Crippen LogP contribution < -0.4 is 15.4 Å². The monoisotopic (exact) mass is 340 g/mol. The second-order valence-corrected chi connectivity index (χ2v) is 5.29. The van der Waals surface area contributed by atoms with E-state index in [2.05, 4.69) is 10.6 Å². The molecule has 2 amide bonds. The van der Waals surface area contributed by atoms with E-state index in [0.29, 0.717) is 32.7 Å². The molecule has 0 saturated heterocycles. The van der Waals surface area contributed by atoms with E-state index in [1.165, 1.54) is 7.11 Å². The summed E-state index contributed by atoms with van der Waals surface area (Å²) in [7, 11) is 1.51. The molecule has 0 unspecified atom stereocenters. The second kappa shape index (κ2) is 7.35. The van der Waals surface area contributed by atoms with E-state index in [-0.39, 0.29) is 6.61 Å². The fraction of sp³-hybridized carbons (Fsp3) is 0.133. The first-order valence-corrected chi connectivity index (χ1v) is 7.09. The maximum atomic E-state index is 12.0. The van der Waals surface area contributed by atoms with Crippen LogP contribution in [0.1, 0.15) is 5.56 Å². The minimum absolute atomic E-state index is 0.211. The molecule has 0 bridgehead atoms. The highest BCUT2D eigenvalue weighted by atomic mass is 35.5. The van der Waals surface area contributed by atoms with Crippen molar-refractivity contribution in [2.45, 2.75) is 6.61 Å². The van der Waals surface area contributed by atoms with Crippen molar-refractivity contribution in [1.29, 1.82) is 0 Å². The molecule has 0 spiro atoms. The molecule has 0 aliphatic heterocycles. The Hall–Kier alpha value is -1.95. The first-order chi connectivity index (χ1) is 10.5. The van der Waals surface area contributed by atoms with Gasteiger partial charge in [0.25, 0.3) is 0 Å². The summed E-state index contributed by atoms with van der Waals surface area (Å²) in [6.07, 6.45) is 0. The van der Waals surface area contributed by atoms with Gasteiger partial charge in [0.1, 0.15) is 5.75 Å². The Labute approximate surface area is 137 Å². The second-order valence-electron chi connectivity index (χ2n) is 4.42. The van der Waals surface area contributed by atoms with Gasteiger partial charge in [-0.1, -0.05) is 29.3 Å². The van der Waals surface area contributed by atoms with E-state index in [1.54, 1.807) is 36.4 Å². The minimum Gasteiger partial charge on any atom is -0.497 e. The smallest absolute Gasteiger partial charge is 0.323 e. The minimum atomic E-state index is -0.485. The van der Waals surface area contributed by atoms with Crippen LogP contribution in [-0.2, 0) is 6.61 Å². The normalized spacial score (nSPS) is 10.2. The van der Waals surface area contributed by atoms with Crippen LogP contribution >= 0.6 is 23.2 Å². The van der Waals surface area contributed by atoms with Gasteiger partial charge in [-0.25, -0.2) is 4.79 Å². The Morgan fingerprint density at radius 3 is 2.59 bits per heavy atom. The number of carbonyl (C=O) groups excluding carboxylic acids is 1. The molecule has 116 valence electrons. The lowest BCUT2D eigenvalue weighted by Crippen LogP contribution is -2.20. The Balaban J connectivity index is 2.13. The lowest BCUT2D eigenvalue weighted by molar-refractivity contribution is 0.262. The molecule has 2 aromatic rings. The molecular formula is C15H14Cl2N2O3. The van der Waals surface area contributed by atoms with Gasteiger partial charge in [0.15, 0.2) is 0 Å². The van der Waals surface area contributed by atoms with Crippen LogP contribution in [-0.4, -0.2) is 18.2 Å². The molecule has 0 aliphatic rings. The van der Waals surface area contributed by atoms with E-state index in [0.717, 1.165) is 0 Å². The van der Waals surface area contributed by atoms with E-state index in [1.807, 2.05) is 0 Å². The van der Waals surface area contributed by atoms with Crippen molar-refractivity contribution in [2.75, 3.05) is 17.7 Å². The van der Waals surface area contributed by atoms with Crippen molar-refractivity contribution in [3.8, 4) is 5.75 Å². The highest BCUT2D eigenvalue weighted by Crippen LogP contribution is 2.25. The highest BCUT2D eigenvalue weighted by molar-refractivity contribution is 6.31. The highest BCUT2D eigenvalue weighted by Gasteiger charge is 2.09. The van der Waals surface area contributed by atoms with Gasteiger partial charge >= 0.3 is 6.03 Å². The van der Waals surface area contributed by atoms with Gasteiger partial charge in [0.2, 0.25) is 0 Å². The van der Waals surface area contributed by atoms with Gasteiger partial charge in [0.05, 0.1) is 13.7 Å². The summed E-state index contributed by atoms with van der Waals surface area (Å²) < 4.78 is 5.08. The SMILES string of the molecule is COc1cc(Cl)cc(NC(=O)Nc2cc(Cl)ccc2CO)c1. The number of nitrogens with one attached hydrogen (secondary N) is 2. The van der Waals surface area contributed by atoms with Crippen molar-refractivity contribution in [3.63, 3.8) is 0 Å². The number of amides is 2. The van der Waals surface area contributed by atoms with Crippen LogP contribution in [0.25, 0.3) is 0 Å². The van der Waals surface area contributed by atoms with Crippen molar-refractivity contribution in [3.05, 3.63) is 52.0 Å². The summed E-state index contributed by atoms with van der Waals surface area (Å²) in [5, 5.41) is 15.4. The zero-order valence-corrected chi connectivity index (χ0v) is 13.2. The van der Waals surface area contributed by atoms with Gasteiger partial charge in [-0.15, -0.1) is 0 Å². The summed E-state index contributed by atoms with van der Waals surface area (Å²) in [5.41, 5.74) is 1.47. The third kappa shape index (κ3) is 4.27. The number of aliphatic hydroxyl groups excluding tert-OH is 1. The molecule has 22 heavy (non-hydrogen) atoms. The topological polar surface area (TPSA) is 70.6 Å². The van der Waals surface area contributed by atoms with Gasteiger partial charge in [-0.3, -0.25) is 0 Å². The van der Waals surface area contributed by atoms with E-state index >= 15 is 0 Å². The van der Waals surface area contributed by atoms with Gasteiger partial charge < -0.3 is 20.5 Å². The number of anilines is 2. The number of methoxy groups -OCH3 is 1. The molecule has 3 N–H and O–H groups in total. The predicted molar refractivity (Wildman–Crippen MR) is 88.0 cm³/mol. The molecule has 0 saturated carbocycles. The average molecular weight is 341 g/mol. The molecule has 0 fully saturated rings. The van der Waals surface area contributed by atoms with E-state index in [9.17, 15) is 9.90 Å². The standard InChI is InChI=1S/C15H14Cl2N2O3/c1-22-13-5-11(17)4-12(7-13)18-15(21)19-14-6-10(16)3-2-9(14)8-20/h2-7,20H,8H2,1H3,(H2,18,19,21). The maximum Gasteiger partial charge on any atom is 0.323 e. The summed E-state index contributed by atoms with van der Waals surface area (Å²) in [5.74, 6) is 0.529. The van der Waals surface area contributed by atoms with E-state index in [4.69, 9.17) is 27.9 Å². The number of urea groups is 1. The molecule has 7 heteroatoms. The molecular weight excluding hydrogens is 327 g/mol. The van der Waals surface area contributed by atoms with E-state index < -0.39 is 6.03 Å². The number of ether oxygens (including phenoxy) is 1. The van der Waals surface area contributed by atoms with Crippen LogP contribution in [0, 0.1) is 0 Å². The van der Waals surface area contributed by atoms with Gasteiger partial charge in [-0.05, 0) is 24.3 Å². The van der Waals surface area contributed by atoms with Crippen molar-refractivity contribution >= 4 is 40.6 Å². The lowest BCUT2D eigenvalue weighted by atomic mass is 10.2.